The number of thiophene rings is 1. The minimum atomic E-state index is -0.212. The van der Waals surface area contributed by atoms with E-state index in [1.807, 2.05) is 34.7 Å². The van der Waals surface area contributed by atoms with Gasteiger partial charge in [-0.15, -0.1) is 16.4 Å². The van der Waals surface area contributed by atoms with Crippen LogP contribution in [0.3, 0.4) is 0 Å². The van der Waals surface area contributed by atoms with Gasteiger partial charge in [-0.1, -0.05) is 6.92 Å². The lowest BCUT2D eigenvalue weighted by Crippen LogP contribution is -2.44. The molecule has 1 amide bonds. The van der Waals surface area contributed by atoms with Gasteiger partial charge in [-0.3, -0.25) is 4.79 Å². The van der Waals surface area contributed by atoms with Crippen LogP contribution in [0.1, 0.15) is 48.1 Å². The molecule has 2 aromatic rings. The number of aryl methyl sites for hydroxylation is 2. The van der Waals surface area contributed by atoms with E-state index in [4.69, 9.17) is 5.73 Å². The maximum Gasteiger partial charge on any atom is 0.266 e. The number of rotatable bonds is 3. The van der Waals surface area contributed by atoms with Gasteiger partial charge in [0.25, 0.3) is 5.91 Å². The summed E-state index contributed by atoms with van der Waals surface area (Å²) in [7, 11) is 1.82. The molecule has 2 heterocycles. The monoisotopic (exact) mass is 306 g/mol. The summed E-state index contributed by atoms with van der Waals surface area (Å²) >= 11 is 1.32. The summed E-state index contributed by atoms with van der Waals surface area (Å²) in [5, 5.41) is 9.14. The minimum Gasteiger partial charge on any atom is -0.397 e. The van der Waals surface area contributed by atoms with Gasteiger partial charge >= 0.3 is 0 Å². The second-order valence-electron chi connectivity index (χ2n) is 5.97. The third kappa shape index (κ3) is 2.48. The third-order valence-corrected chi connectivity index (χ3v) is 5.48. The second kappa shape index (κ2) is 5.26. The van der Waals surface area contributed by atoms with Crippen LogP contribution in [0.25, 0.3) is 10.2 Å². The zero-order valence-electron chi connectivity index (χ0n) is 13.4. The van der Waals surface area contributed by atoms with E-state index in [0.717, 1.165) is 27.9 Å². The molecule has 21 heavy (non-hydrogen) atoms. The van der Waals surface area contributed by atoms with Crippen molar-refractivity contribution in [3.8, 4) is 0 Å². The highest BCUT2D eigenvalue weighted by Crippen LogP contribution is 2.36. The Bertz CT molecular complexity index is 705. The number of carbonyl (C=O) groups is 1. The number of anilines is 1. The van der Waals surface area contributed by atoms with E-state index in [1.165, 1.54) is 11.3 Å². The summed E-state index contributed by atoms with van der Waals surface area (Å²) in [6.07, 6.45) is 0.873. The summed E-state index contributed by atoms with van der Waals surface area (Å²) < 4.78 is 0. The topological polar surface area (TPSA) is 72.1 Å². The average Bonchev–Trinajstić information content (AvgIpc) is 2.79. The Balaban J connectivity index is 2.56. The van der Waals surface area contributed by atoms with Crippen LogP contribution in [0, 0.1) is 13.8 Å². The molecule has 0 bridgehead atoms. The lowest BCUT2D eigenvalue weighted by molar-refractivity contribution is 0.0626. The molecule has 0 radical (unpaired) electrons. The van der Waals surface area contributed by atoms with E-state index < -0.39 is 0 Å². The normalized spacial score (nSPS) is 11.9. The van der Waals surface area contributed by atoms with Crippen LogP contribution in [0.15, 0.2) is 0 Å². The van der Waals surface area contributed by atoms with Crippen LogP contribution in [-0.4, -0.2) is 33.6 Å². The fraction of sp³-hybridized carbons (Fsp3) is 0.533. The van der Waals surface area contributed by atoms with E-state index in [1.54, 1.807) is 4.90 Å². The molecule has 0 unspecified atom stereocenters. The number of hydrogen-bond acceptors (Lipinski definition) is 5. The highest BCUT2D eigenvalue weighted by molar-refractivity contribution is 7.21. The van der Waals surface area contributed by atoms with Crippen molar-refractivity contribution >= 4 is 33.1 Å². The fourth-order valence-electron chi connectivity index (χ4n) is 2.06. The number of nitrogens with zero attached hydrogens (tertiary/aromatic N) is 3. The highest BCUT2D eigenvalue weighted by Gasteiger charge is 2.30. The quantitative estimate of drug-likeness (QED) is 0.945. The molecule has 0 fully saturated rings. The Kier molecular flexibility index (Phi) is 3.93. The lowest BCUT2D eigenvalue weighted by atomic mass is 9.99. The molecule has 0 atom stereocenters. The van der Waals surface area contributed by atoms with Crippen molar-refractivity contribution in [2.45, 2.75) is 46.6 Å². The van der Waals surface area contributed by atoms with Crippen molar-refractivity contribution in [3.63, 3.8) is 0 Å². The molecule has 0 saturated carbocycles. The number of nitrogen functional groups attached to an aromatic ring is 1. The SMILES string of the molecule is CCC(C)(C)N(C)C(=O)c1sc2nnc(C)c(C)c2c1N. The number of fused-ring (bicyclic) bond motifs is 1. The van der Waals surface area contributed by atoms with Crippen LogP contribution in [0.2, 0.25) is 0 Å². The molecule has 2 N–H and O–H groups in total. The van der Waals surface area contributed by atoms with Crippen molar-refractivity contribution in [3.05, 3.63) is 16.1 Å². The maximum absolute atomic E-state index is 12.7. The molecule has 2 aromatic heterocycles. The van der Waals surface area contributed by atoms with E-state index in [-0.39, 0.29) is 11.4 Å². The molecule has 114 valence electrons. The number of amides is 1. The van der Waals surface area contributed by atoms with Crippen molar-refractivity contribution in [2.75, 3.05) is 12.8 Å². The Morgan fingerprint density at radius 1 is 1.33 bits per heavy atom. The first kappa shape index (κ1) is 15.7. The zero-order valence-corrected chi connectivity index (χ0v) is 14.3. The van der Waals surface area contributed by atoms with Gasteiger partial charge in [0.1, 0.15) is 9.71 Å². The van der Waals surface area contributed by atoms with Crippen LogP contribution >= 0.6 is 11.3 Å². The predicted molar refractivity (Wildman–Crippen MR) is 87.8 cm³/mol. The third-order valence-electron chi connectivity index (χ3n) is 4.41. The van der Waals surface area contributed by atoms with Crippen molar-refractivity contribution in [2.24, 2.45) is 0 Å². The van der Waals surface area contributed by atoms with E-state index in [0.29, 0.717) is 10.6 Å². The molecule has 0 aliphatic carbocycles. The smallest absolute Gasteiger partial charge is 0.266 e. The van der Waals surface area contributed by atoms with Gasteiger partial charge in [-0.05, 0) is 39.7 Å². The van der Waals surface area contributed by atoms with Gasteiger partial charge in [-0.2, -0.15) is 5.10 Å². The number of hydrogen-bond donors (Lipinski definition) is 1. The van der Waals surface area contributed by atoms with Gasteiger partial charge in [0.05, 0.1) is 11.4 Å². The van der Waals surface area contributed by atoms with Crippen LogP contribution in [-0.2, 0) is 0 Å². The van der Waals surface area contributed by atoms with Crippen molar-refractivity contribution in [1.29, 1.82) is 0 Å². The molecule has 6 heteroatoms. The van der Waals surface area contributed by atoms with Crippen LogP contribution < -0.4 is 5.73 Å². The fourth-order valence-corrected chi connectivity index (χ4v) is 3.14. The Hall–Kier alpha value is -1.69. The van der Waals surface area contributed by atoms with E-state index >= 15 is 0 Å². The van der Waals surface area contributed by atoms with Gasteiger partial charge in [-0.25, -0.2) is 0 Å². The summed E-state index contributed by atoms with van der Waals surface area (Å²) in [6.45, 7) is 10.0. The number of carbonyl (C=O) groups excluding carboxylic acids is 1. The average molecular weight is 306 g/mol. The molecule has 0 aliphatic rings. The van der Waals surface area contributed by atoms with Gasteiger partial charge in [0.15, 0.2) is 0 Å². The van der Waals surface area contributed by atoms with Crippen molar-refractivity contribution < 1.29 is 4.79 Å². The molecule has 5 nitrogen and oxygen atoms in total. The number of aromatic nitrogens is 2. The zero-order chi connectivity index (χ0) is 15.9. The molecule has 0 spiro atoms. The van der Waals surface area contributed by atoms with Crippen molar-refractivity contribution in [1.82, 2.24) is 15.1 Å². The highest BCUT2D eigenvalue weighted by atomic mass is 32.1. The Morgan fingerprint density at radius 3 is 2.52 bits per heavy atom. The second-order valence-corrected chi connectivity index (χ2v) is 6.96. The Morgan fingerprint density at radius 2 is 1.95 bits per heavy atom. The van der Waals surface area contributed by atoms with Gasteiger partial charge in [0, 0.05) is 18.0 Å². The minimum absolute atomic E-state index is 0.0561. The first-order valence-corrected chi connectivity index (χ1v) is 7.82. The van der Waals surface area contributed by atoms with Crippen LogP contribution in [0.5, 0.6) is 0 Å². The van der Waals surface area contributed by atoms with Gasteiger partial charge < -0.3 is 10.6 Å². The largest absolute Gasteiger partial charge is 0.397 e. The first-order valence-electron chi connectivity index (χ1n) is 7.00. The predicted octanol–water partition coefficient (Wildman–Crippen LogP) is 3.15. The summed E-state index contributed by atoms with van der Waals surface area (Å²) in [6, 6.07) is 0. The van der Waals surface area contributed by atoms with Gasteiger partial charge in [0.2, 0.25) is 0 Å². The first-order chi connectivity index (χ1) is 9.70. The van der Waals surface area contributed by atoms with E-state index in [2.05, 4.69) is 17.1 Å². The summed E-state index contributed by atoms with van der Waals surface area (Å²) in [5.74, 6) is -0.0561. The maximum atomic E-state index is 12.7. The molecule has 2 rings (SSSR count). The molecule has 0 aromatic carbocycles. The molecule has 0 aliphatic heterocycles. The standard InChI is InChI=1S/C15H22N4OS/c1-7-15(4,5)19(6)14(20)12-11(16)10-8(2)9(3)17-18-13(10)21-12/h7,16H2,1-6H3. The summed E-state index contributed by atoms with van der Waals surface area (Å²) in [5.41, 5.74) is 8.37. The van der Waals surface area contributed by atoms with Crippen LogP contribution in [0.4, 0.5) is 5.69 Å². The molecular formula is C15H22N4OS. The molecular weight excluding hydrogens is 284 g/mol. The summed E-state index contributed by atoms with van der Waals surface area (Å²) in [4.78, 5) is 15.8. The molecule has 0 saturated heterocycles. The Labute approximate surface area is 129 Å². The number of nitrogens with two attached hydrogens (primary N) is 1. The van der Waals surface area contributed by atoms with E-state index in [9.17, 15) is 4.79 Å². The lowest BCUT2D eigenvalue weighted by Gasteiger charge is -2.34.